The average molecular weight is 336 g/mol. The van der Waals surface area contributed by atoms with Gasteiger partial charge in [-0.25, -0.2) is 9.78 Å². The van der Waals surface area contributed by atoms with Crippen LogP contribution in [0.5, 0.6) is 0 Å². The lowest BCUT2D eigenvalue weighted by Crippen LogP contribution is -2.42. The number of esters is 2. The molecule has 0 saturated heterocycles. The van der Waals surface area contributed by atoms with E-state index in [-0.39, 0.29) is 31.7 Å². The summed E-state index contributed by atoms with van der Waals surface area (Å²) in [6.07, 6.45) is 0.117. The van der Waals surface area contributed by atoms with E-state index < -0.39 is 23.9 Å². The van der Waals surface area contributed by atoms with Gasteiger partial charge >= 0.3 is 11.9 Å². The minimum absolute atomic E-state index is 0.0119. The number of ether oxygens (including phenoxy) is 2. The van der Waals surface area contributed by atoms with Crippen LogP contribution < -0.4 is 5.32 Å². The number of carbonyl (C=O) groups is 3. The largest absolute Gasteiger partial charge is 0.466 e. The van der Waals surface area contributed by atoms with Crippen LogP contribution in [0.3, 0.4) is 0 Å². The lowest BCUT2D eigenvalue weighted by atomic mass is 10.1. The number of aryl methyl sites for hydroxylation is 2. The fraction of sp³-hybridized carbons (Fsp3) is 0.529. The monoisotopic (exact) mass is 336 g/mol. The first-order valence-corrected chi connectivity index (χ1v) is 7.96. The molecule has 1 N–H and O–H groups in total. The Kier molecular flexibility index (Phi) is 7.88. The predicted octanol–water partition coefficient (Wildman–Crippen LogP) is 1.70. The molecule has 7 nitrogen and oxygen atoms in total. The number of nitrogens with one attached hydrogen (secondary N) is 1. The molecule has 132 valence electrons. The van der Waals surface area contributed by atoms with E-state index >= 15 is 0 Å². The van der Waals surface area contributed by atoms with E-state index in [1.165, 1.54) is 0 Å². The Balaban J connectivity index is 2.78. The molecular weight excluding hydrogens is 312 g/mol. The molecule has 0 aromatic carbocycles. The summed E-state index contributed by atoms with van der Waals surface area (Å²) < 4.78 is 9.78. The molecule has 1 aromatic rings. The van der Waals surface area contributed by atoms with Crippen molar-refractivity contribution in [1.82, 2.24) is 10.3 Å². The maximum absolute atomic E-state index is 12.3. The van der Waals surface area contributed by atoms with Gasteiger partial charge in [0.15, 0.2) is 0 Å². The van der Waals surface area contributed by atoms with Gasteiger partial charge in [-0.2, -0.15) is 0 Å². The van der Waals surface area contributed by atoms with Gasteiger partial charge in [0, 0.05) is 12.1 Å². The van der Waals surface area contributed by atoms with Gasteiger partial charge in [0.1, 0.15) is 11.7 Å². The SMILES string of the molecule is CCOC(=O)CC[C@H](NC(=O)c1ccc(C)c(C)n1)C(=O)OCC. The van der Waals surface area contributed by atoms with E-state index in [1.54, 1.807) is 32.9 Å². The molecule has 0 aliphatic carbocycles. The van der Waals surface area contributed by atoms with Crippen LogP contribution in [-0.2, 0) is 19.1 Å². The van der Waals surface area contributed by atoms with Gasteiger partial charge in [0.05, 0.1) is 13.2 Å². The molecule has 0 aliphatic heterocycles. The molecule has 0 saturated carbocycles. The summed E-state index contributed by atoms with van der Waals surface area (Å²) in [5.41, 5.74) is 1.92. The van der Waals surface area contributed by atoms with Gasteiger partial charge in [0.25, 0.3) is 5.91 Å². The Bertz CT molecular complexity index is 601. The molecule has 1 atom stereocenters. The molecule has 0 radical (unpaired) electrons. The summed E-state index contributed by atoms with van der Waals surface area (Å²) in [7, 11) is 0. The second-order valence-electron chi connectivity index (χ2n) is 5.22. The maximum Gasteiger partial charge on any atom is 0.328 e. The topological polar surface area (TPSA) is 94.6 Å². The first-order chi connectivity index (χ1) is 11.4. The van der Waals surface area contributed by atoms with Crippen LogP contribution in [0.25, 0.3) is 0 Å². The summed E-state index contributed by atoms with van der Waals surface area (Å²) in [5.74, 6) is -1.50. The third-order valence-corrected chi connectivity index (χ3v) is 3.40. The van der Waals surface area contributed by atoms with Crippen LogP contribution in [0.2, 0.25) is 0 Å². The second-order valence-corrected chi connectivity index (χ2v) is 5.22. The normalized spacial score (nSPS) is 11.5. The molecule has 1 aromatic heterocycles. The van der Waals surface area contributed by atoms with Crippen LogP contribution in [-0.4, -0.2) is 42.1 Å². The number of rotatable bonds is 8. The minimum Gasteiger partial charge on any atom is -0.466 e. The van der Waals surface area contributed by atoms with Crippen molar-refractivity contribution in [2.24, 2.45) is 0 Å². The van der Waals surface area contributed by atoms with E-state index in [2.05, 4.69) is 10.3 Å². The summed E-state index contributed by atoms with van der Waals surface area (Å²) in [6, 6.07) is 2.45. The molecule has 0 unspecified atom stereocenters. The molecule has 1 rings (SSSR count). The van der Waals surface area contributed by atoms with E-state index in [0.29, 0.717) is 0 Å². The number of pyridine rings is 1. The number of nitrogens with zero attached hydrogens (tertiary/aromatic N) is 1. The van der Waals surface area contributed by atoms with Gasteiger partial charge in [-0.05, 0) is 45.7 Å². The fourth-order valence-corrected chi connectivity index (χ4v) is 1.98. The number of hydrogen-bond donors (Lipinski definition) is 1. The Labute approximate surface area is 141 Å². The van der Waals surface area contributed by atoms with E-state index in [0.717, 1.165) is 11.3 Å². The molecule has 1 heterocycles. The van der Waals surface area contributed by atoms with Crippen molar-refractivity contribution < 1.29 is 23.9 Å². The predicted molar refractivity (Wildman–Crippen MR) is 87.5 cm³/mol. The third-order valence-electron chi connectivity index (χ3n) is 3.40. The fourth-order valence-electron chi connectivity index (χ4n) is 1.98. The highest BCUT2D eigenvalue weighted by molar-refractivity contribution is 5.95. The zero-order chi connectivity index (χ0) is 18.1. The van der Waals surface area contributed by atoms with Crippen LogP contribution >= 0.6 is 0 Å². The van der Waals surface area contributed by atoms with Crippen LogP contribution in [0.1, 0.15) is 48.4 Å². The molecule has 24 heavy (non-hydrogen) atoms. The lowest BCUT2D eigenvalue weighted by Gasteiger charge is -2.17. The summed E-state index contributed by atoms with van der Waals surface area (Å²) in [5, 5.41) is 2.58. The summed E-state index contributed by atoms with van der Waals surface area (Å²) >= 11 is 0. The van der Waals surface area contributed by atoms with Crippen LogP contribution in [0.15, 0.2) is 12.1 Å². The lowest BCUT2D eigenvalue weighted by molar-refractivity contribution is -0.146. The van der Waals surface area contributed by atoms with E-state index in [4.69, 9.17) is 9.47 Å². The molecule has 0 fully saturated rings. The van der Waals surface area contributed by atoms with Crippen LogP contribution in [0, 0.1) is 13.8 Å². The maximum atomic E-state index is 12.3. The minimum atomic E-state index is -0.926. The quantitative estimate of drug-likeness (QED) is 0.726. The highest BCUT2D eigenvalue weighted by atomic mass is 16.5. The number of amides is 1. The standard InChI is InChI=1S/C17H24N2O5/c1-5-23-15(20)10-9-14(17(22)24-6-2)19-16(21)13-8-7-11(3)12(4)18-13/h7-8,14H,5-6,9-10H2,1-4H3,(H,19,21)/t14-/m0/s1. The van der Waals surface area contributed by atoms with Crippen molar-refractivity contribution in [3.05, 3.63) is 29.1 Å². The van der Waals surface area contributed by atoms with Crippen LogP contribution in [0.4, 0.5) is 0 Å². The third kappa shape index (κ3) is 5.98. The van der Waals surface area contributed by atoms with Crippen molar-refractivity contribution in [2.75, 3.05) is 13.2 Å². The van der Waals surface area contributed by atoms with Crippen molar-refractivity contribution in [3.63, 3.8) is 0 Å². The second kappa shape index (κ2) is 9.64. The Morgan fingerprint density at radius 1 is 1.12 bits per heavy atom. The highest BCUT2D eigenvalue weighted by Gasteiger charge is 2.24. The number of hydrogen-bond acceptors (Lipinski definition) is 6. The summed E-state index contributed by atoms with van der Waals surface area (Å²) in [6.45, 7) is 7.52. The van der Waals surface area contributed by atoms with Gasteiger partial charge in [0.2, 0.25) is 0 Å². The summed E-state index contributed by atoms with van der Waals surface area (Å²) in [4.78, 5) is 40.0. The van der Waals surface area contributed by atoms with Gasteiger partial charge in [-0.1, -0.05) is 6.07 Å². The average Bonchev–Trinajstić information content (AvgIpc) is 2.54. The molecule has 0 aliphatic rings. The first-order valence-electron chi connectivity index (χ1n) is 7.96. The van der Waals surface area contributed by atoms with Gasteiger partial charge in [-0.15, -0.1) is 0 Å². The van der Waals surface area contributed by atoms with Crippen molar-refractivity contribution in [2.45, 2.75) is 46.6 Å². The highest BCUT2D eigenvalue weighted by Crippen LogP contribution is 2.07. The Morgan fingerprint density at radius 2 is 1.79 bits per heavy atom. The zero-order valence-corrected chi connectivity index (χ0v) is 14.5. The molecule has 1 amide bonds. The molecule has 0 bridgehead atoms. The van der Waals surface area contributed by atoms with E-state index in [1.807, 2.05) is 6.92 Å². The van der Waals surface area contributed by atoms with Gasteiger partial charge < -0.3 is 14.8 Å². The molecular formula is C17H24N2O5. The zero-order valence-electron chi connectivity index (χ0n) is 14.5. The van der Waals surface area contributed by atoms with Gasteiger partial charge in [-0.3, -0.25) is 9.59 Å². The first kappa shape index (κ1) is 19.6. The molecule has 0 spiro atoms. The number of aromatic nitrogens is 1. The smallest absolute Gasteiger partial charge is 0.328 e. The van der Waals surface area contributed by atoms with E-state index in [9.17, 15) is 14.4 Å². The Hall–Kier alpha value is -2.44. The number of carbonyl (C=O) groups excluding carboxylic acids is 3. The van der Waals surface area contributed by atoms with Crippen molar-refractivity contribution in [1.29, 1.82) is 0 Å². The molecule has 7 heteroatoms. The van der Waals surface area contributed by atoms with Crippen molar-refractivity contribution >= 4 is 17.8 Å². The van der Waals surface area contributed by atoms with Crippen molar-refractivity contribution in [3.8, 4) is 0 Å². The Morgan fingerprint density at radius 3 is 2.38 bits per heavy atom.